The van der Waals surface area contributed by atoms with Crippen LogP contribution in [0.5, 0.6) is 5.75 Å². The summed E-state index contributed by atoms with van der Waals surface area (Å²) in [4.78, 5) is 11.7. The summed E-state index contributed by atoms with van der Waals surface area (Å²) in [6.07, 6.45) is 0.829. The SMILES string of the molecule is CC(C)c1ccc(OCC(=O)NCCc2ccccc2)cc1. The van der Waals surface area contributed by atoms with Crippen molar-refractivity contribution in [3.63, 3.8) is 0 Å². The number of carbonyl (C=O) groups is 1. The van der Waals surface area contributed by atoms with Crippen LogP contribution < -0.4 is 10.1 Å². The lowest BCUT2D eigenvalue weighted by Gasteiger charge is -2.09. The van der Waals surface area contributed by atoms with E-state index in [0.717, 1.165) is 12.2 Å². The molecule has 0 atom stereocenters. The molecule has 3 heteroatoms. The third-order valence-corrected chi connectivity index (χ3v) is 3.50. The van der Waals surface area contributed by atoms with Gasteiger partial charge in [0.2, 0.25) is 0 Å². The summed E-state index contributed by atoms with van der Waals surface area (Å²) in [6.45, 7) is 4.97. The average Bonchev–Trinajstić information content (AvgIpc) is 2.54. The number of nitrogens with one attached hydrogen (secondary N) is 1. The molecule has 1 amide bonds. The van der Waals surface area contributed by atoms with Gasteiger partial charge in [-0.1, -0.05) is 56.3 Å². The summed E-state index contributed by atoms with van der Waals surface area (Å²) in [7, 11) is 0. The Morgan fingerprint density at radius 2 is 1.73 bits per heavy atom. The molecule has 0 unspecified atom stereocenters. The average molecular weight is 297 g/mol. The van der Waals surface area contributed by atoms with Crippen LogP contribution in [-0.4, -0.2) is 19.1 Å². The number of benzene rings is 2. The molecule has 3 nitrogen and oxygen atoms in total. The molecule has 0 aliphatic heterocycles. The van der Waals surface area contributed by atoms with Crippen molar-refractivity contribution in [2.24, 2.45) is 0 Å². The number of carbonyl (C=O) groups excluding carboxylic acids is 1. The lowest BCUT2D eigenvalue weighted by molar-refractivity contribution is -0.123. The molecule has 0 bridgehead atoms. The van der Waals surface area contributed by atoms with E-state index in [1.165, 1.54) is 11.1 Å². The molecule has 0 aromatic heterocycles. The van der Waals surface area contributed by atoms with Crippen molar-refractivity contribution in [1.82, 2.24) is 5.32 Å². The van der Waals surface area contributed by atoms with Crippen LogP contribution in [-0.2, 0) is 11.2 Å². The Morgan fingerprint density at radius 3 is 2.36 bits per heavy atom. The van der Waals surface area contributed by atoms with Crippen LogP contribution >= 0.6 is 0 Å². The fourth-order valence-electron chi connectivity index (χ4n) is 2.14. The van der Waals surface area contributed by atoms with Crippen LogP contribution in [0.1, 0.15) is 30.9 Å². The van der Waals surface area contributed by atoms with Crippen molar-refractivity contribution in [2.45, 2.75) is 26.2 Å². The molecule has 116 valence electrons. The minimum atomic E-state index is -0.0936. The number of hydrogen-bond donors (Lipinski definition) is 1. The van der Waals surface area contributed by atoms with E-state index in [0.29, 0.717) is 12.5 Å². The zero-order valence-corrected chi connectivity index (χ0v) is 13.2. The quantitative estimate of drug-likeness (QED) is 0.849. The van der Waals surface area contributed by atoms with Crippen LogP contribution in [0.25, 0.3) is 0 Å². The van der Waals surface area contributed by atoms with Gasteiger partial charge in [0.05, 0.1) is 0 Å². The van der Waals surface area contributed by atoms with E-state index in [4.69, 9.17) is 4.74 Å². The molecule has 0 aliphatic rings. The van der Waals surface area contributed by atoms with E-state index in [9.17, 15) is 4.79 Å². The predicted octanol–water partition coefficient (Wildman–Crippen LogP) is 3.55. The van der Waals surface area contributed by atoms with Crippen LogP contribution in [0, 0.1) is 0 Å². The standard InChI is InChI=1S/C19H23NO2/c1-15(2)17-8-10-18(11-9-17)22-14-19(21)20-13-12-16-6-4-3-5-7-16/h3-11,15H,12-14H2,1-2H3,(H,20,21). The van der Waals surface area contributed by atoms with Crippen molar-refractivity contribution in [3.05, 3.63) is 65.7 Å². The van der Waals surface area contributed by atoms with E-state index in [1.807, 2.05) is 42.5 Å². The predicted molar refractivity (Wildman–Crippen MR) is 89.2 cm³/mol. The van der Waals surface area contributed by atoms with Crippen molar-refractivity contribution in [3.8, 4) is 5.75 Å². The first-order chi connectivity index (χ1) is 10.6. The van der Waals surface area contributed by atoms with Crippen LogP contribution in [0.3, 0.4) is 0 Å². The van der Waals surface area contributed by atoms with Crippen molar-refractivity contribution >= 4 is 5.91 Å². The maximum atomic E-state index is 11.7. The maximum absolute atomic E-state index is 11.7. The minimum absolute atomic E-state index is 0.0514. The zero-order valence-electron chi connectivity index (χ0n) is 13.2. The topological polar surface area (TPSA) is 38.3 Å². The Bertz CT molecular complexity index is 576. The van der Waals surface area contributed by atoms with E-state index in [-0.39, 0.29) is 12.5 Å². The lowest BCUT2D eigenvalue weighted by atomic mass is 10.0. The molecule has 1 N–H and O–H groups in total. The largest absolute Gasteiger partial charge is 0.484 e. The maximum Gasteiger partial charge on any atom is 0.257 e. The normalized spacial score (nSPS) is 10.5. The molecule has 0 aliphatic carbocycles. The lowest BCUT2D eigenvalue weighted by Crippen LogP contribution is -2.30. The monoisotopic (exact) mass is 297 g/mol. The molecule has 0 radical (unpaired) electrons. The van der Waals surface area contributed by atoms with Crippen molar-refractivity contribution in [1.29, 1.82) is 0 Å². The first-order valence-corrected chi connectivity index (χ1v) is 7.68. The Morgan fingerprint density at radius 1 is 1.05 bits per heavy atom. The molecule has 22 heavy (non-hydrogen) atoms. The molecular weight excluding hydrogens is 274 g/mol. The number of hydrogen-bond acceptors (Lipinski definition) is 2. The highest BCUT2D eigenvalue weighted by Gasteiger charge is 2.03. The fraction of sp³-hybridized carbons (Fsp3) is 0.316. The molecule has 0 heterocycles. The highest BCUT2D eigenvalue weighted by atomic mass is 16.5. The molecular formula is C19H23NO2. The van der Waals surface area contributed by atoms with E-state index >= 15 is 0 Å². The van der Waals surface area contributed by atoms with Crippen LogP contribution in [0.4, 0.5) is 0 Å². The van der Waals surface area contributed by atoms with Gasteiger partial charge in [-0.3, -0.25) is 4.79 Å². The third-order valence-electron chi connectivity index (χ3n) is 3.50. The summed E-state index contributed by atoms with van der Waals surface area (Å²) in [6, 6.07) is 18.0. The van der Waals surface area contributed by atoms with Gasteiger partial charge in [0.25, 0.3) is 5.91 Å². The van der Waals surface area contributed by atoms with E-state index in [1.54, 1.807) is 0 Å². The minimum Gasteiger partial charge on any atom is -0.484 e. The van der Waals surface area contributed by atoms with Gasteiger partial charge in [0, 0.05) is 6.54 Å². The molecule has 2 aromatic rings. The second-order valence-electron chi connectivity index (χ2n) is 5.60. The van der Waals surface area contributed by atoms with Crippen LogP contribution in [0.2, 0.25) is 0 Å². The first-order valence-electron chi connectivity index (χ1n) is 7.68. The highest BCUT2D eigenvalue weighted by Crippen LogP contribution is 2.18. The summed E-state index contributed by atoms with van der Waals surface area (Å²) in [5.74, 6) is 1.13. The van der Waals surface area contributed by atoms with E-state index in [2.05, 4.69) is 31.3 Å². The summed E-state index contributed by atoms with van der Waals surface area (Å²) < 4.78 is 5.49. The van der Waals surface area contributed by atoms with Gasteiger partial charge in [0.15, 0.2) is 6.61 Å². The van der Waals surface area contributed by atoms with Gasteiger partial charge in [-0.15, -0.1) is 0 Å². The Labute approximate surface area is 132 Å². The highest BCUT2D eigenvalue weighted by molar-refractivity contribution is 5.77. The molecule has 0 fully saturated rings. The van der Waals surface area contributed by atoms with Gasteiger partial charge in [-0.25, -0.2) is 0 Å². The molecule has 2 aromatic carbocycles. The Hall–Kier alpha value is -2.29. The van der Waals surface area contributed by atoms with Crippen molar-refractivity contribution < 1.29 is 9.53 Å². The number of ether oxygens (including phenoxy) is 1. The Kier molecular flexibility index (Phi) is 6.01. The van der Waals surface area contributed by atoms with Gasteiger partial charge >= 0.3 is 0 Å². The van der Waals surface area contributed by atoms with Gasteiger partial charge in [0.1, 0.15) is 5.75 Å². The van der Waals surface area contributed by atoms with Crippen molar-refractivity contribution in [2.75, 3.05) is 13.2 Å². The van der Waals surface area contributed by atoms with Gasteiger partial charge in [-0.2, -0.15) is 0 Å². The summed E-state index contributed by atoms with van der Waals surface area (Å²) in [5.41, 5.74) is 2.48. The second-order valence-corrected chi connectivity index (χ2v) is 5.60. The Balaban J connectivity index is 1.69. The number of rotatable bonds is 7. The first kappa shape index (κ1) is 16.1. The molecule has 0 spiro atoms. The van der Waals surface area contributed by atoms with Gasteiger partial charge in [-0.05, 0) is 35.6 Å². The summed E-state index contributed by atoms with van der Waals surface area (Å²) in [5, 5.41) is 2.87. The molecule has 0 saturated carbocycles. The zero-order chi connectivity index (χ0) is 15.8. The van der Waals surface area contributed by atoms with E-state index < -0.39 is 0 Å². The second kappa shape index (κ2) is 8.23. The smallest absolute Gasteiger partial charge is 0.257 e. The third kappa shape index (κ3) is 5.24. The van der Waals surface area contributed by atoms with Crippen LogP contribution in [0.15, 0.2) is 54.6 Å². The molecule has 0 saturated heterocycles. The molecule has 2 rings (SSSR count). The van der Waals surface area contributed by atoms with Gasteiger partial charge < -0.3 is 10.1 Å². The summed E-state index contributed by atoms with van der Waals surface area (Å²) >= 11 is 0. The number of amides is 1. The fourth-order valence-corrected chi connectivity index (χ4v) is 2.14.